The molecule has 0 aliphatic carbocycles. The van der Waals surface area contributed by atoms with Crippen LogP contribution in [0.2, 0.25) is 0 Å². The Kier molecular flexibility index (Phi) is 7.81. The molecule has 10 heteroatoms. The van der Waals surface area contributed by atoms with E-state index in [0.29, 0.717) is 24.1 Å². The zero-order valence-corrected chi connectivity index (χ0v) is 19.5. The maximum absolute atomic E-state index is 13.1. The Morgan fingerprint density at radius 2 is 2.00 bits per heavy atom. The van der Waals surface area contributed by atoms with E-state index in [1.165, 1.54) is 12.1 Å². The van der Waals surface area contributed by atoms with Crippen LogP contribution in [-0.2, 0) is 7.05 Å². The number of urea groups is 1. The number of anilines is 1. The summed E-state index contributed by atoms with van der Waals surface area (Å²) in [5, 5.41) is 14.5. The summed E-state index contributed by atoms with van der Waals surface area (Å²) in [7, 11) is 3.58. The monoisotopic (exact) mass is 466 g/mol. The minimum absolute atomic E-state index is 0.142. The number of hydrogen-bond acceptors (Lipinski definition) is 6. The van der Waals surface area contributed by atoms with Crippen molar-refractivity contribution >= 4 is 11.7 Å². The Morgan fingerprint density at radius 1 is 1.18 bits per heavy atom. The third-order valence-corrected chi connectivity index (χ3v) is 6.14. The molecule has 0 spiro atoms. The Bertz CT molecular complexity index is 1090. The molecule has 1 aliphatic heterocycles. The lowest BCUT2D eigenvalue weighted by Crippen LogP contribution is -2.32. The second-order valence-corrected chi connectivity index (χ2v) is 8.73. The number of amides is 2. The summed E-state index contributed by atoms with van der Waals surface area (Å²) in [6.45, 7) is 0.688. The number of hydrogen-bond donors (Lipinski definition) is 3. The van der Waals surface area contributed by atoms with Crippen LogP contribution < -0.4 is 16.2 Å². The van der Waals surface area contributed by atoms with Crippen molar-refractivity contribution in [3.63, 3.8) is 0 Å². The van der Waals surface area contributed by atoms with Gasteiger partial charge < -0.3 is 10.2 Å². The zero-order valence-electron chi connectivity index (χ0n) is 19.5. The third-order valence-electron chi connectivity index (χ3n) is 6.14. The topological polar surface area (TPSA) is 100 Å². The van der Waals surface area contributed by atoms with Gasteiger partial charge in [-0.25, -0.2) is 13.9 Å². The molecule has 0 bridgehead atoms. The van der Waals surface area contributed by atoms with Crippen molar-refractivity contribution in [2.24, 2.45) is 7.05 Å². The molecule has 34 heavy (non-hydrogen) atoms. The highest BCUT2D eigenvalue weighted by Crippen LogP contribution is 2.25. The minimum atomic E-state index is -0.210. The van der Waals surface area contributed by atoms with Gasteiger partial charge in [-0.1, -0.05) is 37.1 Å². The number of nitrogens with one attached hydrogen (secondary N) is 3. The number of nitrogens with zero attached hydrogens (tertiary/aromatic N) is 5. The number of aryl methyl sites for hydroxylation is 1. The second-order valence-electron chi connectivity index (χ2n) is 8.73. The fourth-order valence-corrected chi connectivity index (χ4v) is 4.17. The summed E-state index contributed by atoms with van der Waals surface area (Å²) in [5.41, 5.74) is 9.30. The van der Waals surface area contributed by atoms with Crippen molar-refractivity contribution in [1.82, 2.24) is 36.0 Å². The molecule has 4 rings (SSSR count). The van der Waals surface area contributed by atoms with Crippen LogP contribution in [0.25, 0.3) is 11.4 Å². The first-order valence-corrected chi connectivity index (χ1v) is 11.6. The van der Waals surface area contributed by atoms with Gasteiger partial charge in [0.15, 0.2) is 5.82 Å². The molecule has 1 fully saturated rings. The molecule has 0 radical (unpaired) electrons. The van der Waals surface area contributed by atoms with E-state index in [9.17, 15) is 9.18 Å². The first kappa shape index (κ1) is 23.8. The number of carbonyl (C=O) groups excluding carboxylic acids is 1. The maximum atomic E-state index is 13.1. The summed E-state index contributed by atoms with van der Waals surface area (Å²) in [5.74, 6) is 0.429. The van der Waals surface area contributed by atoms with Crippen molar-refractivity contribution in [3.8, 4) is 11.4 Å². The van der Waals surface area contributed by atoms with E-state index in [1.807, 2.05) is 43.4 Å². The van der Waals surface area contributed by atoms with Crippen LogP contribution in [0.3, 0.4) is 0 Å². The molecule has 3 aromatic rings. The summed E-state index contributed by atoms with van der Waals surface area (Å²) < 4.78 is 14.7. The van der Waals surface area contributed by atoms with E-state index in [4.69, 9.17) is 0 Å². The van der Waals surface area contributed by atoms with Crippen molar-refractivity contribution < 1.29 is 9.18 Å². The highest BCUT2D eigenvalue weighted by molar-refractivity contribution is 5.89. The Morgan fingerprint density at radius 3 is 2.76 bits per heavy atom. The van der Waals surface area contributed by atoms with Gasteiger partial charge in [0.2, 0.25) is 0 Å². The van der Waals surface area contributed by atoms with Gasteiger partial charge in [0.1, 0.15) is 5.82 Å². The first-order chi connectivity index (χ1) is 16.5. The SMILES string of the molecule is CN(CCCCCC1CC(c2ccc(F)cc2)NN1)C(=O)Nc1cccc(-c2nnnn2C)c1. The van der Waals surface area contributed by atoms with Gasteiger partial charge >= 0.3 is 6.03 Å². The fraction of sp³-hybridized carbons (Fsp3) is 0.417. The van der Waals surface area contributed by atoms with E-state index in [2.05, 4.69) is 31.7 Å². The van der Waals surface area contributed by atoms with Gasteiger partial charge in [-0.15, -0.1) is 5.10 Å². The summed E-state index contributed by atoms with van der Waals surface area (Å²) >= 11 is 0. The molecule has 3 N–H and O–H groups in total. The number of rotatable bonds is 9. The van der Waals surface area contributed by atoms with Gasteiger partial charge in [-0.05, 0) is 59.5 Å². The van der Waals surface area contributed by atoms with E-state index >= 15 is 0 Å². The van der Waals surface area contributed by atoms with Crippen LogP contribution in [-0.4, -0.2) is 50.8 Å². The smallest absolute Gasteiger partial charge is 0.321 e. The predicted molar refractivity (Wildman–Crippen MR) is 128 cm³/mol. The number of halogens is 1. The van der Waals surface area contributed by atoms with Gasteiger partial charge in [0, 0.05) is 44.0 Å². The lowest BCUT2D eigenvalue weighted by Gasteiger charge is -2.18. The van der Waals surface area contributed by atoms with Gasteiger partial charge in [-0.2, -0.15) is 0 Å². The molecular formula is C24H31FN8O. The third kappa shape index (κ3) is 6.15. The molecule has 2 amide bonds. The number of benzene rings is 2. The van der Waals surface area contributed by atoms with Gasteiger partial charge in [-0.3, -0.25) is 10.9 Å². The molecule has 2 heterocycles. The van der Waals surface area contributed by atoms with E-state index in [0.717, 1.165) is 43.2 Å². The van der Waals surface area contributed by atoms with Crippen LogP contribution >= 0.6 is 0 Å². The number of tetrazole rings is 1. The van der Waals surface area contributed by atoms with Gasteiger partial charge in [0.25, 0.3) is 0 Å². The average molecular weight is 467 g/mol. The molecule has 2 atom stereocenters. The molecule has 2 aromatic carbocycles. The highest BCUT2D eigenvalue weighted by atomic mass is 19.1. The Labute approximate surface area is 198 Å². The lowest BCUT2D eigenvalue weighted by atomic mass is 9.99. The standard InChI is InChI=1S/C24H31FN8O/c1-32(24(34)26-20-9-6-7-18(15-20)23-29-30-31-33(23)2)14-5-3-4-8-21-16-22(28-27-21)17-10-12-19(25)13-11-17/h6-7,9-13,15,21-22,27-28H,3-5,8,14,16H2,1-2H3,(H,26,34). The molecular weight excluding hydrogens is 435 g/mol. The number of aromatic nitrogens is 4. The van der Waals surface area contributed by atoms with E-state index < -0.39 is 0 Å². The van der Waals surface area contributed by atoms with Crippen LogP contribution in [0, 0.1) is 5.82 Å². The molecule has 1 aromatic heterocycles. The van der Waals surface area contributed by atoms with Crippen LogP contribution in [0.5, 0.6) is 0 Å². The quantitative estimate of drug-likeness (QED) is 0.416. The lowest BCUT2D eigenvalue weighted by molar-refractivity contribution is 0.221. The molecule has 0 saturated carbocycles. The normalized spacial score (nSPS) is 17.6. The maximum Gasteiger partial charge on any atom is 0.321 e. The van der Waals surface area contributed by atoms with Crippen molar-refractivity contribution in [3.05, 3.63) is 59.9 Å². The summed E-state index contributed by atoms with van der Waals surface area (Å²) in [6, 6.07) is 14.6. The van der Waals surface area contributed by atoms with Crippen LogP contribution in [0.15, 0.2) is 48.5 Å². The Balaban J connectivity index is 1.14. The molecule has 2 unspecified atom stereocenters. The molecule has 1 saturated heterocycles. The highest BCUT2D eigenvalue weighted by Gasteiger charge is 2.24. The summed E-state index contributed by atoms with van der Waals surface area (Å²) in [4.78, 5) is 14.3. The predicted octanol–water partition coefficient (Wildman–Crippen LogP) is 3.65. The largest absolute Gasteiger partial charge is 0.328 e. The fourth-order valence-electron chi connectivity index (χ4n) is 4.17. The van der Waals surface area contributed by atoms with Crippen molar-refractivity contribution in [2.45, 2.75) is 44.2 Å². The van der Waals surface area contributed by atoms with Crippen molar-refractivity contribution in [1.29, 1.82) is 0 Å². The molecule has 180 valence electrons. The molecule has 9 nitrogen and oxygen atoms in total. The zero-order chi connectivity index (χ0) is 23.9. The minimum Gasteiger partial charge on any atom is -0.328 e. The van der Waals surface area contributed by atoms with E-state index in [-0.39, 0.29) is 17.9 Å². The average Bonchev–Trinajstić information content (AvgIpc) is 3.48. The number of unbranched alkanes of at least 4 members (excludes halogenated alkanes) is 2. The van der Waals surface area contributed by atoms with E-state index in [1.54, 1.807) is 16.6 Å². The Hall–Kier alpha value is -3.37. The summed E-state index contributed by atoms with van der Waals surface area (Å²) in [6.07, 6.45) is 5.11. The van der Waals surface area contributed by atoms with Crippen molar-refractivity contribution in [2.75, 3.05) is 18.9 Å². The molecule has 1 aliphatic rings. The second kappa shape index (κ2) is 11.2. The number of hydrazine groups is 1. The number of carbonyl (C=O) groups is 1. The first-order valence-electron chi connectivity index (χ1n) is 11.6. The van der Waals surface area contributed by atoms with Crippen LogP contribution in [0.1, 0.15) is 43.7 Å². The van der Waals surface area contributed by atoms with Crippen LogP contribution in [0.4, 0.5) is 14.9 Å². The van der Waals surface area contributed by atoms with Gasteiger partial charge in [0.05, 0.1) is 0 Å².